The first-order chi connectivity index (χ1) is 7.45. The van der Waals surface area contributed by atoms with E-state index >= 15 is 0 Å². The quantitative estimate of drug-likeness (QED) is 0.644. The molecule has 0 radical (unpaired) electrons. The Hall–Kier alpha value is -0.730. The summed E-state index contributed by atoms with van der Waals surface area (Å²) < 4.78 is 0. The SMILES string of the molecule is CCCCCCCCNC(=O)NC(C)(C)C. The molecule has 0 bridgehead atoms. The van der Waals surface area contributed by atoms with Gasteiger partial charge in [-0.25, -0.2) is 4.79 Å². The molecule has 0 heterocycles. The van der Waals surface area contributed by atoms with Crippen molar-refractivity contribution in [3.05, 3.63) is 0 Å². The number of unbranched alkanes of at least 4 members (excludes halogenated alkanes) is 5. The van der Waals surface area contributed by atoms with Crippen molar-refractivity contribution in [3.63, 3.8) is 0 Å². The summed E-state index contributed by atoms with van der Waals surface area (Å²) in [5.41, 5.74) is -0.148. The van der Waals surface area contributed by atoms with Crippen molar-refractivity contribution in [2.24, 2.45) is 0 Å². The predicted molar refractivity (Wildman–Crippen MR) is 69.7 cm³/mol. The van der Waals surface area contributed by atoms with Gasteiger partial charge in [0.05, 0.1) is 0 Å². The van der Waals surface area contributed by atoms with Crippen molar-refractivity contribution in [3.8, 4) is 0 Å². The minimum Gasteiger partial charge on any atom is -0.338 e. The third-order valence-electron chi connectivity index (χ3n) is 2.30. The van der Waals surface area contributed by atoms with Gasteiger partial charge >= 0.3 is 6.03 Å². The number of rotatable bonds is 7. The van der Waals surface area contributed by atoms with Gasteiger partial charge in [-0.3, -0.25) is 0 Å². The largest absolute Gasteiger partial charge is 0.338 e. The number of urea groups is 1. The summed E-state index contributed by atoms with van der Waals surface area (Å²) in [5.74, 6) is 0. The second kappa shape index (κ2) is 8.43. The highest BCUT2D eigenvalue weighted by Gasteiger charge is 2.12. The molecule has 3 heteroatoms. The first-order valence-electron chi connectivity index (χ1n) is 6.51. The van der Waals surface area contributed by atoms with Crippen LogP contribution in [0.1, 0.15) is 66.2 Å². The molecule has 96 valence electrons. The summed E-state index contributed by atoms with van der Waals surface area (Å²) >= 11 is 0. The maximum atomic E-state index is 11.4. The number of amides is 2. The Kier molecular flexibility index (Phi) is 8.04. The standard InChI is InChI=1S/C13H28N2O/c1-5-6-7-8-9-10-11-14-12(16)15-13(2,3)4/h5-11H2,1-4H3,(H2,14,15,16). The van der Waals surface area contributed by atoms with Gasteiger partial charge in [-0.1, -0.05) is 39.0 Å². The van der Waals surface area contributed by atoms with Crippen LogP contribution in [-0.4, -0.2) is 18.1 Å². The summed E-state index contributed by atoms with van der Waals surface area (Å²) in [6.45, 7) is 8.96. The second-order valence-electron chi connectivity index (χ2n) is 5.40. The molecule has 0 spiro atoms. The van der Waals surface area contributed by atoms with Gasteiger partial charge < -0.3 is 10.6 Å². The van der Waals surface area contributed by atoms with E-state index < -0.39 is 0 Å². The Morgan fingerprint density at radius 1 is 1.00 bits per heavy atom. The first-order valence-corrected chi connectivity index (χ1v) is 6.51. The second-order valence-corrected chi connectivity index (χ2v) is 5.40. The van der Waals surface area contributed by atoms with Crippen LogP contribution in [0.15, 0.2) is 0 Å². The van der Waals surface area contributed by atoms with Crippen LogP contribution in [0.3, 0.4) is 0 Å². The van der Waals surface area contributed by atoms with Crippen LogP contribution in [-0.2, 0) is 0 Å². The molecule has 0 fully saturated rings. The number of hydrogen-bond acceptors (Lipinski definition) is 1. The fraction of sp³-hybridized carbons (Fsp3) is 0.923. The Morgan fingerprint density at radius 2 is 1.56 bits per heavy atom. The first kappa shape index (κ1) is 15.3. The lowest BCUT2D eigenvalue weighted by atomic mass is 10.1. The maximum absolute atomic E-state index is 11.4. The van der Waals surface area contributed by atoms with E-state index in [1.165, 1.54) is 32.1 Å². The molecule has 0 aromatic rings. The molecule has 0 aromatic heterocycles. The summed E-state index contributed by atoms with van der Waals surface area (Å²) in [7, 11) is 0. The monoisotopic (exact) mass is 228 g/mol. The maximum Gasteiger partial charge on any atom is 0.315 e. The highest BCUT2D eigenvalue weighted by atomic mass is 16.2. The molecule has 0 aliphatic rings. The Balaban J connectivity index is 3.28. The fourth-order valence-corrected chi connectivity index (χ4v) is 1.49. The van der Waals surface area contributed by atoms with Crippen LogP contribution in [0.2, 0.25) is 0 Å². The summed E-state index contributed by atoms with van der Waals surface area (Å²) in [6.07, 6.45) is 7.53. The average molecular weight is 228 g/mol. The number of nitrogens with one attached hydrogen (secondary N) is 2. The van der Waals surface area contributed by atoms with E-state index in [2.05, 4.69) is 17.6 Å². The predicted octanol–water partition coefficient (Wildman–Crippen LogP) is 3.44. The molecule has 0 aliphatic carbocycles. The molecule has 0 unspecified atom stereocenters. The topological polar surface area (TPSA) is 41.1 Å². The van der Waals surface area contributed by atoms with Crippen molar-refractivity contribution < 1.29 is 4.79 Å². The van der Waals surface area contributed by atoms with E-state index in [1.54, 1.807) is 0 Å². The molecule has 2 N–H and O–H groups in total. The van der Waals surface area contributed by atoms with Gasteiger partial charge in [0.15, 0.2) is 0 Å². The Bertz CT molecular complexity index is 185. The number of carbonyl (C=O) groups is 1. The normalized spacial score (nSPS) is 11.2. The van der Waals surface area contributed by atoms with E-state index in [0.717, 1.165) is 13.0 Å². The molecule has 3 nitrogen and oxygen atoms in total. The average Bonchev–Trinajstić information content (AvgIpc) is 2.13. The molecule has 0 saturated heterocycles. The lowest BCUT2D eigenvalue weighted by Gasteiger charge is -2.20. The van der Waals surface area contributed by atoms with Crippen molar-refractivity contribution in [1.82, 2.24) is 10.6 Å². The van der Waals surface area contributed by atoms with Crippen molar-refractivity contribution >= 4 is 6.03 Å². The molecule has 0 saturated carbocycles. The summed E-state index contributed by atoms with van der Waals surface area (Å²) in [5, 5.41) is 5.76. The molecular weight excluding hydrogens is 200 g/mol. The Labute approximate surface area is 100 Å². The molecule has 2 amide bonds. The number of hydrogen-bond donors (Lipinski definition) is 2. The van der Waals surface area contributed by atoms with Crippen LogP contribution in [0, 0.1) is 0 Å². The zero-order chi connectivity index (χ0) is 12.4. The molecule has 0 rings (SSSR count). The smallest absolute Gasteiger partial charge is 0.315 e. The van der Waals surface area contributed by atoms with Gasteiger partial charge in [-0.05, 0) is 27.2 Å². The zero-order valence-corrected chi connectivity index (χ0v) is 11.4. The van der Waals surface area contributed by atoms with Gasteiger partial charge in [-0.15, -0.1) is 0 Å². The van der Waals surface area contributed by atoms with E-state index in [-0.39, 0.29) is 11.6 Å². The zero-order valence-electron chi connectivity index (χ0n) is 11.4. The van der Waals surface area contributed by atoms with Crippen LogP contribution >= 0.6 is 0 Å². The molecule has 0 aromatic carbocycles. The fourth-order valence-electron chi connectivity index (χ4n) is 1.49. The molecule has 16 heavy (non-hydrogen) atoms. The van der Waals surface area contributed by atoms with E-state index in [1.807, 2.05) is 20.8 Å². The molecular formula is C13H28N2O. The summed E-state index contributed by atoms with van der Waals surface area (Å²) in [6, 6.07) is -0.0546. The highest BCUT2D eigenvalue weighted by molar-refractivity contribution is 5.74. The third-order valence-corrected chi connectivity index (χ3v) is 2.30. The third kappa shape index (κ3) is 11.3. The van der Waals surface area contributed by atoms with Gasteiger partial charge in [-0.2, -0.15) is 0 Å². The summed E-state index contributed by atoms with van der Waals surface area (Å²) in [4.78, 5) is 11.4. The van der Waals surface area contributed by atoms with E-state index in [4.69, 9.17) is 0 Å². The van der Waals surface area contributed by atoms with Gasteiger partial charge in [0.1, 0.15) is 0 Å². The van der Waals surface area contributed by atoms with Crippen LogP contribution in [0.4, 0.5) is 4.79 Å². The molecule has 0 aliphatic heterocycles. The van der Waals surface area contributed by atoms with Gasteiger partial charge in [0.25, 0.3) is 0 Å². The van der Waals surface area contributed by atoms with Crippen LogP contribution < -0.4 is 10.6 Å². The lowest BCUT2D eigenvalue weighted by Crippen LogP contribution is -2.46. The van der Waals surface area contributed by atoms with Crippen LogP contribution in [0.5, 0.6) is 0 Å². The van der Waals surface area contributed by atoms with Crippen molar-refractivity contribution in [2.45, 2.75) is 71.8 Å². The minimum atomic E-state index is -0.148. The minimum absolute atomic E-state index is 0.0546. The van der Waals surface area contributed by atoms with Gasteiger partial charge in [0.2, 0.25) is 0 Å². The van der Waals surface area contributed by atoms with E-state index in [9.17, 15) is 4.79 Å². The lowest BCUT2D eigenvalue weighted by molar-refractivity contribution is 0.232. The van der Waals surface area contributed by atoms with E-state index in [0.29, 0.717) is 0 Å². The molecule has 0 atom stereocenters. The highest BCUT2D eigenvalue weighted by Crippen LogP contribution is 2.04. The van der Waals surface area contributed by atoms with Crippen molar-refractivity contribution in [1.29, 1.82) is 0 Å². The van der Waals surface area contributed by atoms with Crippen LogP contribution in [0.25, 0.3) is 0 Å². The number of carbonyl (C=O) groups excluding carboxylic acids is 1. The van der Waals surface area contributed by atoms with Gasteiger partial charge in [0, 0.05) is 12.1 Å². The van der Waals surface area contributed by atoms with Crippen molar-refractivity contribution in [2.75, 3.05) is 6.54 Å². The Morgan fingerprint density at radius 3 is 2.12 bits per heavy atom.